The van der Waals surface area contributed by atoms with Crippen molar-refractivity contribution in [3.8, 4) is 6.07 Å². The Morgan fingerprint density at radius 3 is 2.80 bits per heavy atom. The first-order chi connectivity index (χ1) is 9.52. The smallest absolute Gasteiger partial charge is 0.297 e. The lowest BCUT2D eigenvalue weighted by atomic mass is 10.2. The van der Waals surface area contributed by atoms with Gasteiger partial charge in [-0.1, -0.05) is 19.9 Å². The van der Waals surface area contributed by atoms with Gasteiger partial charge in [-0.25, -0.2) is 4.98 Å². The molecule has 0 spiro atoms. The van der Waals surface area contributed by atoms with Crippen LogP contribution in [0.15, 0.2) is 24.3 Å². The van der Waals surface area contributed by atoms with E-state index in [4.69, 9.17) is 5.26 Å². The summed E-state index contributed by atoms with van der Waals surface area (Å²) in [6, 6.07) is 8.87. The van der Waals surface area contributed by atoms with Gasteiger partial charge in [-0.3, -0.25) is 9.89 Å². The summed E-state index contributed by atoms with van der Waals surface area (Å²) in [4.78, 5) is 17.9. The molecule has 20 heavy (non-hydrogen) atoms. The lowest BCUT2D eigenvalue weighted by Gasteiger charge is -2.15. The molecule has 0 saturated carbocycles. The maximum atomic E-state index is 12.3. The topological polar surface area (TPSA) is 85.7 Å². The van der Waals surface area contributed by atoms with Crippen molar-refractivity contribution in [2.24, 2.45) is 0 Å². The molecule has 0 aliphatic rings. The summed E-state index contributed by atoms with van der Waals surface area (Å²) in [5.74, 6) is 0.658. The molecule has 1 aromatic heterocycles. The van der Waals surface area contributed by atoms with Crippen molar-refractivity contribution in [1.82, 2.24) is 15.2 Å². The molecular weight excluding hydrogens is 254 g/mol. The van der Waals surface area contributed by atoms with Gasteiger partial charge in [0.15, 0.2) is 0 Å². The van der Waals surface area contributed by atoms with Crippen LogP contribution in [0.4, 0.5) is 5.69 Å². The highest BCUT2D eigenvalue weighted by Gasteiger charge is 2.19. The molecule has 6 nitrogen and oxygen atoms in total. The van der Waals surface area contributed by atoms with E-state index in [1.165, 1.54) is 4.90 Å². The maximum Gasteiger partial charge on any atom is 0.297 e. The number of hydrogen-bond donors (Lipinski definition) is 1. The van der Waals surface area contributed by atoms with E-state index in [9.17, 15) is 4.79 Å². The molecule has 1 aromatic carbocycles. The van der Waals surface area contributed by atoms with Gasteiger partial charge in [0.2, 0.25) is 5.82 Å². The highest BCUT2D eigenvalue weighted by Crippen LogP contribution is 2.16. The van der Waals surface area contributed by atoms with Crippen LogP contribution in [0.1, 0.15) is 41.8 Å². The maximum absolute atomic E-state index is 12.3. The number of nitriles is 1. The van der Waals surface area contributed by atoms with Crippen molar-refractivity contribution in [3.63, 3.8) is 0 Å². The number of anilines is 1. The molecule has 0 atom stereocenters. The van der Waals surface area contributed by atoms with Gasteiger partial charge in [0.25, 0.3) is 5.91 Å². The molecular formula is C14H15N5O. The van der Waals surface area contributed by atoms with Gasteiger partial charge in [-0.2, -0.15) is 5.26 Å². The minimum atomic E-state index is -0.316. The number of rotatable bonds is 3. The van der Waals surface area contributed by atoms with E-state index in [0.717, 1.165) is 0 Å². The quantitative estimate of drug-likeness (QED) is 0.924. The molecule has 0 aliphatic heterocycles. The van der Waals surface area contributed by atoms with Crippen molar-refractivity contribution in [3.05, 3.63) is 41.5 Å². The van der Waals surface area contributed by atoms with Gasteiger partial charge in [-0.05, 0) is 18.2 Å². The zero-order valence-electron chi connectivity index (χ0n) is 11.6. The van der Waals surface area contributed by atoms with Crippen LogP contribution in [0.3, 0.4) is 0 Å². The minimum Gasteiger partial charge on any atom is -0.309 e. The Morgan fingerprint density at radius 1 is 1.45 bits per heavy atom. The number of hydrogen-bond acceptors (Lipinski definition) is 4. The molecule has 0 radical (unpaired) electrons. The average molecular weight is 269 g/mol. The molecule has 1 amide bonds. The van der Waals surface area contributed by atoms with E-state index < -0.39 is 0 Å². The van der Waals surface area contributed by atoms with E-state index >= 15 is 0 Å². The third kappa shape index (κ3) is 2.67. The van der Waals surface area contributed by atoms with Crippen LogP contribution in [0, 0.1) is 11.3 Å². The molecule has 0 saturated heterocycles. The van der Waals surface area contributed by atoms with Crippen molar-refractivity contribution >= 4 is 11.6 Å². The third-order valence-electron chi connectivity index (χ3n) is 2.91. The van der Waals surface area contributed by atoms with Gasteiger partial charge in [0, 0.05) is 18.7 Å². The van der Waals surface area contributed by atoms with Crippen LogP contribution >= 0.6 is 0 Å². The number of carbonyl (C=O) groups is 1. The summed E-state index contributed by atoms with van der Waals surface area (Å²) >= 11 is 0. The summed E-state index contributed by atoms with van der Waals surface area (Å²) in [6.07, 6.45) is 0. The van der Waals surface area contributed by atoms with Crippen LogP contribution in [0.5, 0.6) is 0 Å². The van der Waals surface area contributed by atoms with Crippen LogP contribution in [-0.2, 0) is 0 Å². The monoisotopic (exact) mass is 269 g/mol. The first-order valence-electron chi connectivity index (χ1n) is 6.23. The predicted octanol–water partition coefficient (Wildman–Crippen LogP) is 2.08. The molecule has 0 bridgehead atoms. The number of aromatic amines is 1. The molecule has 102 valence electrons. The normalized spacial score (nSPS) is 10.3. The Bertz CT molecular complexity index is 668. The van der Waals surface area contributed by atoms with Gasteiger partial charge >= 0.3 is 0 Å². The summed E-state index contributed by atoms with van der Waals surface area (Å²) in [7, 11) is 1.63. The second-order valence-electron chi connectivity index (χ2n) is 4.73. The third-order valence-corrected chi connectivity index (χ3v) is 2.91. The molecule has 1 N–H and O–H groups in total. The van der Waals surface area contributed by atoms with E-state index in [2.05, 4.69) is 15.2 Å². The van der Waals surface area contributed by atoms with Crippen LogP contribution in [0.2, 0.25) is 0 Å². The Balaban J connectivity index is 2.25. The molecule has 0 unspecified atom stereocenters. The van der Waals surface area contributed by atoms with E-state index in [1.54, 1.807) is 31.3 Å². The van der Waals surface area contributed by atoms with Gasteiger partial charge < -0.3 is 4.90 Å². The second kappa shape index (κ2) is 5.53. The number of amides is 1. The zero-order valence-corrected chi connectivity index (χ0v) is 11.6. The van der Waals surface area contributed by atoms with E-state index in [0.29, 0.717) is 17.1 Å². The second-order valence-corrected chi connectivity index (χ2v) is 4.73. The Labute approximate surface area is 117 Å². The van der Waals surface area contributed by atoms with Crippen LogP contribution in [-0.4, -0.2) is 28.1 Å². The van der Waals surface area contributed by atoms with Crippen molar-refractivity contribution in [2.75, 3.05) is 11.9 Å². The molecule has 0 aliphatic carbocycles. The number of nitrogens with zero attached hydrogens (tertiary/aromatic N) is 4. The van der Waals surface area contributed by atoms with Crippen LogP contribution in [0.25, 0.3) is 0 Å². The molecule has 2 aromatic rings. The molecule has 0 fully saturated rings. The van der Waals surface area contributed by atoms with Crippen molar-refractivity contribution < 1.29 is 4.79 Å². The van der Waals surface area contributed by atoms with E-state index in [1.807, 2.05) is 19.9 Å². The first-order valence-corrected chi connectivity index (χ1v) is 6.23. The zero-order chi connectivity index (χ0) is 14.7. The standard InChI is InChI=1S/C14H15N5O/c1-9(2)12-16-13(18-17-12)14(20)19(3)11-6-4-5-10(7-11)8-15/h4-7,9H,1-3H3,(H,16,17,18). The first kappa shape index (κ1) is 13.7. The lowest BCUT2D eigenvalue weighted by molar-refractivity contribution is 0.0983. The number of nitrogens with one attached hydrogen (secondary N) is 1. The van der Waals surface area contributed by atoms with Gasteiger partial charge in [0.05, 0.1) is 11.6 Å². The summed E-state index contributed by atoms with van der Waals surface area (Å²) in [6.45, 7) is 3.93. The van der Waals surface area contributed by atoms with E-state index in [-0.39, 0.29) is 17.6 Å². The highest BCUT2D eigenvalue weighted by molar-refractivity contribution is 6.03. The van der Waals surface area contributed by atoms with Crippen molar-refractivity contribution in [2.45, 2.75) is 19.8 Å². The predicted molar refractivity (Wildman–Crippen MR) is 74.4 cm³/mol. The average Bonchev–Trinajstić information content (AvgIpc) is 2.95. The molecule has 1 heterocycles. The number of benzene rings is 1. The number of carbonyl (C=O) groups excluding carboxylic acids is 1. The fourth-order valence-electron chi connectivity index (χ4n) is 1.68. The largest absolute Gasteiger partial charge is 0.309 e. The molecule has 6 heteroatoms. The fourth-order valence-corrected chi connectivity index (χ4v) is 1.68. The fraction of sp³-hybridized carbons (Fsp3) is 0.286. The van der Waals surface area contributed by atoms with Gasteiger partial charge in [-0.15, -0.1) is 5.10 Å². The Hall–Kier alpha value is -2.68. The number of aromatic nitrogens is 3. The Morgan fingerprint density at radius 2 is 2.20 bits per heavy atom. The molecule has 2 rings (SSSR count). The summed E-state index contributed by atoms with van der Waals surface area (Å²) < 4.78 is 0. The highest BCUT2D eigenvalue weighted by atomic mass is 16.2. The van der Waals surface area contributed by atoms with Crippen LogP contribution < -0.4 is 4.90 Å². The summed E-state index contributed by atoms with van der Waals surface area (Å²) in [5.41, 5.74) is 1.13. The SMILES string of the molecule is CC(C)c1nc(C(=O)N(C)c2cccc(C#N)c2)n[nH]1. The minimum absolute atomic E-state index is 0.124. The Kier molecular flexibility index (Phi) is 3.80. The number of H-pyrrole nitrogens is 1. The van der Waals surface area contributed by atoms with Gasteiger partial charge in [0.1, 0.15) is 5.82 Å². The van der Waals surface area contributed by atoms with Crippen molar-refractivity contribution in [1.29, 1.82) is 5.26 Å². The lowest BCUT2D eigenvalue weighted by Crippen LogP contribution is -2.27. The summed E-state index contributed by atoms with van der Waals surface area (Å²) in [5, 5.41) is 15.6.